The molecule has 2 N–H and O–H groups in total. The predicted octanol–water partition coefficient (Wildman–Crippen LogP) is 5.54. The number of hydrogen-bond acceptors (Lipinski definition) is 1. The summed E-state index contributed by atoms with van der Waals surface area (Å²) in [6, 6.07) is 7.75. The Morgan fingerprint density at radius 1 is 1.25 bits per heavy atom. The molecule has 2 nitrogen and oxygen atoms in total. The zero-order chi connectivity index (χ0) is 19.6. The highest BCUT2D eigenvalue weighted by atomic mass is 16.0. The summed E-state index contributed by atoms with van der Waals surface area (Å²) in [5.74, 6) is 0.777. The van der Waals surface area contributed by atoms with Crippen LogP contribution in [0.3, 0.4) is 0 Å². The van der Waals surface area contributed by atoms with Gasteiger partial charge in [-0.1, -0.05) is 49.1 Å². The van der Waals surface area contributed by atoms with Gasteiger partial charge in [0.1, 0.15) is 0 Å². The van der Waals surface area contributed by atoms with Gasteiger partial charge >= 0.3 is 0 Å². The van der Waals surface area contributed by atoms with Crippen LogP contribution in [0.25, 0.3) is 0 Å². The summed E-state index contributed by atoms with van der Waals surface area (Å²) in [5.41, 5.74) is 7.05. The van der Waals surface area contributed by atoms with Gasteiger partial charge in [0.25, 0.3) is 0 Å². The van der Waals surface area contributed by atoms with E-state index in [4.69, 9.17) is 0 Å². The maximum absolute atomic E-state index is 4.52. The van der Waals surface area contributed by atoms with Crippen LogP contribution >= 0.6 is 0 Å². The van der Waals surface area contributed by atoms with Crippen molar-refractivity contribution in [3.63, 3.8) is 0 Å². The minimum Gasteiger partial charge on any atom is -0.412 e. The Balaban J connectivity index is 0.000000728. The highest BCUT2D eigenvalue weighted by Gasteiger charge is 2.86. The van der Waals surface area contributed by atoms with Crippen molar-refractivity contribution in [3.8, 4) is 0 Å². The summed E-state index contributed by atoms with van der Waals surface area (Å²) in [6.45, 7) is 19.1. The Labute approximate surface area is 170 Å². The van der Waals surface area contributed by atoms with Crippen molar-refractivity contribution < 1.29 is 5.48 Å². The van der Waals surface area contributed by atoms with Crippen LogP contribution in [-0.2, 0) is 5.41 Å². The van der Waals surface area contributed by atoms with Crippen LogP contribution in [0.1, 0.15) is 43.7 Å². The third-order valence-electron chi connectivity index (χ3n) is 8.60. The molecule has 4 aliphatic rings. The maximum Gasteiger partial charge on any atom is 0.0405 e. The fraction of sp³-hybridized carbons (Fsp3) is 0.462. The summed E-state index contributed by atoms with van der Waals surface area (Å²) < 4.78 is 0. The molecule has 1 aliphatic heterocycles. The van der Waals surface area contributed by atoms with Gasteiger partial charge in [-0.3, -0.25) is 0 Å². The van der Waals surface area contributed by atoms with E-state index >= 15 is 0 Å². The van der Waals surface area contributed by atoms with Gasteiger partial charge < -0.3 is 10.4 Å². The first-order valence-corrected chi connectivity index (χ1v) is 10.3. The minimum absolute atomic E-state index is 0. The van der Waals surface area contributed by atoms with Gasteiger partial charge in [0.15, 0.2) is 0 Å². The fourth-order valence-corrected chi connectivity index (χ4v) is 7.23. The maximum atomic E-state index is 4.52. The Bertz CT molecular complexity index is 854. The number of nitrogens with zero attached hydrogens (tertiary/aromatic N) is 1. The van der Waals surface area contributed by atoms with Crippen LogP contribution in [0.4, 0.5) is 5.69 Å². The SMILES string of the molecule is C=C.C=C/C=C\C(=C)[C@@]12CC[C@@H]1[C@]13C[C@@]1(C2)[C@H](C)N(C)c1ccc(C)cc13.O. The molecule has 28 heavy (non-hydrogen) atoms. The van der Waals surface area contributed by atoms with Crippen LogP contribution < -0.4 is 4.90 Å². The molecule has 0 amide bonds. The lowest BCUT2D eigenvalue weighted by Gasteiger charge is -2.51. The molecule has 0 aromatic heterocycles. The van der Waals surface area contributed by atoms with E-state index in [1.54, 1.807) is 5.56 Å². The van der Waals surface area contributed by atoms with E-state index in [1.807, 2.05) is 6.08 Å². The van der Waals surface area contributed by atoms with E-state index in [-0.39, 0.29) is 5.48 Å². The predicted molar refractivity (Wildman–Crippen MR) is 121 cm³/mol. The Morgan fingerprint density at radius 2 is 1.96 bits per heavy atom. The van der Waals surface area contributed by atoms with Crippen molar-refractivity contribution >= 4 is 5.69 Å². The highest BCUT2D eigenvalue weighted by Crippen LogP contribution is 2.89. The monoisotopic (exact) mass is 377 g/mol. The molecule has 1 heterocycles. The van der Waals surface area contributed by atoms with Crippen LogP contribution in [0.5, 0.6) is 0 Å². The quantitative estimate of drug-likeness (QED) is 0.503. The topological polar surface area (TPSA) is 34.7 Å². The average Bonchev–Trinajstić information content (AvgIpc) is 3.28. The molecule has 0 unspecified atom stereocenters. The number of rotatable bonds is 3. The lowest BCUT2D eigenvalue weighted by molar-refractivity contribution is 0.0709. The number of benzene rings is 1. The third kappa shape index (κ3) is 2.07. The van der Waals surface area contributed by atoms with Gasteiger partial charge in [-0.25, -0.2) is 0 Å². The van der Waals surface area contributed by atoms with Crippen molar-refractivity contribution in [1.82, 2.24) is 0 Å². The summed E-state index contributed by atoms with van der Waals surface area (Å²) in [6.07, 6.45) is 11.6. The number of hydrogen-bond donors (Lipinski definition) is 0. The first kappa shape index (κ1) is 20.7. The van der Waals surface area contributed by atoms with E-state index in [0.29, 0.717) is 22.3 Å². The van der Waals surface area contributed by atoms with Gasteiger partial charge in [0.2, 0.25) is 0 Å². The van der Waals surface area contributed by atoms with E-state index in [0.717, 1.165) is 5.92 Å². The molecule has 0 bridgehead atoms. The van der Waals surface area contributed by atoms with Crippen LogP contribution in [0, 0.1) is 23.7 Å². The molecule has 150 valence electrons. The summed E-state index contributed by atoms with van der Waals surface area (Å²) in [4.78, 5) is 2.56. The molecular formula is C26H35NO. The molecular weight excluding hydrogens is 342 g/mol. The Morgan fingerprint density at radius 3 is 2.57 bits per heavy atom. The molecule has 5 rings (SSSR count). The Hall–Kier alpha value is -2.06. The number of aryl methyl sites for hydroxylation is 1. The highest BCUT2D eigenvalue weighted by molar-refractivity contribution is 5.69. The Kier molecular flexibility index (Phi) is 4.79. The number of allylic oxidation sites excluding steroid dienone is 4. The van der Waals surface area contributed by atoms with Gasteiger partial charge in [-0.2, -0.15) is 0 Å². The van der Waals surface area contributed by atoms with Crippen LogP contribution in [0.15, 0.2) is 68.3 Å². The molecule has 2 heteroatoms. The largest absolute Gasteiger partial charge is 0.412 e. The summed E-state index contributed by atoms with van der Waals surface area (Å²) in [5, 5.41) is 0. The lowest BCUT2D eigenvalue weighted by Crippen LogP contribution is -2.46. The molecule has 0 spiro atoms. The zero-order valence-electron chi connectivity index (χ0n) is 17.7. The second-order valence-electron chi connectivity index (χ2n) is 9.16. The third-order valence-corrected chi connectivity index (χ3v) is 8.60. The van der Waals surface area contributed by atoms with E-state index in [9.17, 15) is 0 Å². The molecule has 0 saturated heterocycles. The first-order chi connectivity index (χ1) is 12.9. The molecule has 3 saturated carbocycles. The second kappa shape index (κ2) is 6.49. The molecule has 0 radical (unpaired) electrons. The fourth-order valence-electron chi connectivity index (χ4n) is 7.23. The van der Waals surface area contributed by atoms with Gasteiger partial charge in [0, 0.05) is 29.6 Å². The van der Waals surface area contributed by atoms with Crippen molar-refractivity contribution in [2.75, 3.05) is 11.9 Å². The standard InChI is InChI=1S/C24H29N.C2H4.H2O/c1-6-7-8-17(3)22-12-11-21(22)24-15-23(24,14-22)18(4)25(5)20-10-9-16(2)13-19(20)24;1-2;/h6-10,13,18,21H,1,3,11-12,14-15H2,2,4-5H3;1-2H2;1H2/b8-7-;;/t18-,21-,22-,23-,24+;;/m0../s1. The van der Waals surface area contributed by atoms with E-state index in [1.165, 1.54) is 42.5 Å². The van der Waals surface area contributed by atoms with Crippen LogP contribution in [0.2, 0.25) is 0 Å². The van der Waals surface area contributed by atoms with Crippen LogP contribution in [-0.4, -0.2) is 18.6 Å². The number of anilines is 1. The normalized spacial score (nSPS) is 38.5. The minimum atomic E-state index is 0. The molecule has 5 atom stereocenters. The zero-order valence-corrected chi connectivity index (χ0v) is 17.7. The smallest absolute Gasteiger partial charge is 0.0405 e. The van der Waals surface area contributed by atoms with Gasteiger partial charge in [-0.15, -0.1) is 13.2 Å². The van der Waals surface area contributed by atoms with Crippen molar-refractivity contribution in [2.24, 2.45) is 16.7 Å². The molecule has 1 aromatic carbocycles. The van der Waals surface area contributed by atoms with Gasteiger partial charge in [0.05, 0.1) is 0 Å². The molecule has 3 fully saturated rings. The number of fused-ring (bicyclic) bond motifs is 2. The lowest BCUT2D eigenvalue weighted by atomic mass is 9.53. The first-order valence-electron chi connectivity index (χ1n) is 10.3. The van der Waals surface area contributed by atoms with Crippen molar-refractivity contribution in [1.29, 1.82) is 0 Å². The summed E-state index contributed by atoms with van der Waals surface area (Å²) >= 11 is 0. The van der Waals surface area contributed by atoms with Crippen molar-refractivity contribution in [2.45, 2.75) is 51.0 Å². The van der Waals surface area contributed by atoms with Gasteiger partial charge in [-0.05, 0) is 68.1 Å². The summed E-state index contributed by atoms with van der Waals surface area (Å²) in [7, 11) is 2.30. The average molecular weight is 378 g/mol. The van der Waals surface area contributed by atoms with Crippen molar-refractivity contribution in [3.05, 3.63) is 79.4 Å². The van der Waals surface area contributed by atoms with E-state index in [2.05, 4.69) is 82.5 Å². The molecule has 1 aromatic rings. The molecule has 3 aliphatic carbocycles. The second-order valence-corrected chi connectivity index (χ2v) is 9.16. The van der Waals surface area contributed by atoms with E-state index < -0.39 is 0 Å².